The van der Waals surface area contributed by atoms with Crippen LogP contribution in [0.4, 0.5) is 0 Å². The van der Waals surface area contributed by atoms with Crippen LogP contribution in [0.3, 0.4) is 0 Å². The lowest BCUT2D eigenvalue weighted by molar-refractivity contribution is 0.224. The first-order valence-electron chi connectivity index (χ1n) is 6.87. The van der Waals surface area contributed by atoms with Crippen LogP contribution in [0.15, 0.2) is 18.2 Å². The first-order valence-corrected chi connectivity index (χ1v) is 8.69. The third-order valence-electron chi connectivity index (χ3n) is 3.22. The van der Waals surface area contributed by atoms with Crippen LogP contribution >= 0.6 is 0 Å². The summed E-state index contributed by atoms with van der Waals surface area (Å²) in [5.74, 6) is 1.63. The summed E-state index contributed by atoms with van der Waals surface area (Å²) in [6.45, 7) is 3.02. The molecule has 2 rings (SSSR count). The van der Waals surface area contributed by atoms with Crippen LogP contribution in [0.1, 0.15) is 25.3 Å². The average Bonchev–Trinajstić information content (AvgIpc) is 2.76. The van der Waals surface area contributed by atoms with E-state index in [2.05, 4.69) is 0 Å². The van der Waals surface area contributed by atoms with Crippen molar-refractivity contribution in [3.63, 3.8) is 0 Å². The van der Waals surface area contributed by atoms with Gasteiger partial charge in [0.15, 0.2) is 9.84 Å². The number of benzene rings is 1. The second-order valence-electron chi connectivity index (χ2n) is 4.97. The number of hydrogen-bond acceptors (Lipinski definition) is 5. The van der Waals surface area contributed by atoms with Crippen molar-refractivity contribution in [3.05, 3.63) is 23.8 Å². The smallest absolute Gasteiger partial charge is 0.154 e. The largest absolute Gasteiger partial charge is 0.493 e. The van der Waals surface area contributed by atoms with Gasteiger partial charge in [0.25, 0.3) is 0 Å². The van der Waals surface area contributed by atoms with E-state index in [-0.39, 0.29) is 17.6 Å². The highest BCUT2D eigenvalue weighted by molar-refractivity contribution is 7.91. The molecule has 1 heterocycles. The van der Waals surface area contributed by atoms with Crippen LogP contribution in [0.5, 0.6) is 11.5 Å². The van der Waals surface area contributed by atoms with E-state index in [1.807, 2.05) is 19.1 Å². The summed E-state index contributed by atoms with van der Waals surface area (Å²) in [6, 6.07) is 5.52. The molecule has 0 amide bonds. The minimum Gasteiger partial charge on any atom is -0.493 e. The third-order valence-corrected chi connectivity index (χ3v) is 4.95. The molecule has 0 spiro atoms. The first-order chi connectivity index (χ1) is 9.54. The van der Waals surface area contributed by atoms with E-state index in [1.54, 1.807) is 6.07 Å². The van der Waals surface area contributed by atoms with Crippen molar-refractivity contribution in [2.45, 2.75) is 32.4 Å². The summed E-state index contributed by atoms with van der Waals surface area (Å²) in [5, 5.41) is 0. The highest BCUT2D eigenvalue weighted by Crippen LogP contribution is 2.28. The summed E-state index contributed by atoms with van der Waals surface area (Å²) in [6.07, 6.45) is 1.17. The minimum atomic E-state index is -2.95. The number of rotatable bonds is 6. The highest BCUT2D eigenvalue weighted by Gasteiger charge is 2.29. The van der Waals surface area contributed by atoms with E-state index in [0.717, 1.165) is 17.7 Å². The molecular formula is C14H21NO4S. The zero-order valence-electron chi connectivity index (χ0n) is 11.7. The molecule has 1 aromatic carbocycles. The first kappa shape index (κ1) is 15.1. The number of sulfone groups is 1. The molecule has 1 saturated heterocycles. The molecule has 20 heavy (non-hydrogen) atoms. The molecular weight excluding hydrogens is 278 g/mol. The molecule has 0 radical (unpaired) electrons. The lowest BCUT2D eigenvalue weighted by atomic mass is 10.2. The van der Waals surface area contributed by atoms with E-state index in [0.29, 0.717) is 25.3 Å². The molecule has 6 heteroatoms. The van der Waals surface area contributed by atoms with Crippen molar-refractivity contribution >= 4 is 9.84 Å². The molecule has 2 N–H and O–H groups in total. The lowest BCUT2D eigenvalue weighted by Gasteiger charge is -2.16. The Morgan fingerprint density at radius 1 is 1.40 bits per heavy atom. The monoisotopic (exact) mass is 299 g/mol. The second-order valence-corrected chi connectivity index (χ2v) is 7.19. The molecule has 0 aromatic heterocycles. The molecule has 1 atom stereocenters. The van der Waals surface area contributed by atoms with Crippen LogP contribution in [0, 0.1) is 0 Å². The standard InChI is InChI=1S/C14H21NO4S/c1-2-6-18-12-4-3-11(9-15)14(8-12)19-13-5-7-20(16,17)10-13/h3-4,8,13H,2,5-7,9-10,15H2,1H3. The Morgan fingerprint density at radius 3 is 2.80 bits per heavy atom. The number of nitrogens with two attached hydrogens (primary N) is 1. The lowest BCUT2D eigenvalue weighted by Crippen LogP contribution is -2.19. The zero-order chi connectivity index (χ0) is 14.6. The Morgan fingerprint density at radius 2 is 2.20 bits per heavy atom. The Labute approximate surface area is 120 Å². The van der Waals surface area contributed by atoms with E-state index < -0.39 is 9.84 Å². The van der Waals surface area contributed by atoms with Crippen molar-refractivity contribution in [2.24, 2.45) is 5.73 Å². The van der Waals surface area contributed by atoms with Crippen LogP contribution in [0.2, 0.25) is 0 Å². The Bertz CT molecular complexity index is 556. The van der Waals surface area contributed by atoms with E-state index in [4.69, 9.17) is 15.2 Å². The van der Waals surface area contributed by atoms with Crippen molar-refractivity contribution in [1.29, 1.82) is 0 Å². The van der Waals surface area contributed by atoms with Gasteiger partial charge in [-0.15, -0.1) is 0 Å². The van der Waals surface area contributed by atoms with Crippen LogP contribution in [-0.2, 0) is 16.4 Å². The van der Waals surface area contributed by atoms with Crippen LogP contribution in [-0.4, -0.2) is 32.6 Å². The van der Waals surface area contributed by atoms with Gasteiger partial charge in [0.2, 0.25) is 0 Å². The summed E-state index contributed by atoms with van der Waals surface area (Å²) >= 11 is 0. The molecule has 1 aromatic rings. The summed E-state index contributed by atoms with van der Waals surface area (Å²) in [7, 11) is -2.95. The Balaban J connectivity index is 2.12. The van der Waals surface area contributed by atoms with Gasteiger partial charge in [0, 0.05) is 18.2 Å². The Kier molecular flexibility index (Phi) is 4.88. The van der Waals surface area contributed by atoms with Crippen LogP contribution in [0.25, 0.3) is 0 Å². The minimum absolute atomic E-state index is 0.0804. The molecule has 1 aliphatic heterocycles. The molecule has 1 unspecified atom stereocenters. The van der Waals surface area contributed by atoms with Gasteiger partial charge in [-0.25, -0.2) is 8.42 Å². The van der Waals surface area contributed by atoms with Gasteiger partial charge in [-0.1, -0.05) is 13.0 Å². The Hall–Kier alpha value is -1.27. The topological polar surface area (TPSA) is 78.6 Å². The van der Waals surface area contributed by atoms with Crippen LogP contribution < -0.4 is 15.2 Å². The molecule has 0 saturated carbocycles. The van der Waals surface area contributed by atoms with Gasteiger partial charge in [0.1, 0.15) is 17.6 Å². The molecule has 112 valence electrons. The van der Waals surface area contributed by atoms with E-state index in [1.165, 1.54) is 0 Å². The van der Waals surface area contributed by atoms with Crippen molar-refractivity contribution < 1.29 is 17.9 Å². The normalized spacial score (nSPS) is 20.8. The molecule has 0 aliphatic carbocycles. The number of ether oxygens (including phenoxy) is 2. The predicted molar refractivity (Wildman–Crippen MR) is 77.8 cm³/mol. The quantitative estimate of drug-likeness (QED) is 0.861. The fourth-order valence-electron chi connectivity index (χ4n) is 2.16. The molecule has 1 aliphatic rings. The maximum atomic E-state index is 11.5. The van der Waals surface area contributed by atoms with E-state index in [9.17, 15) is 8.42 Å². The highest BCUT2D eigenvalue weighted by atomic mass is 32.2. The van der Waals surface area contributed by atoms with Crippen molar-refractivity contribution in [3.8, 4) is 11.5 Å². The fraction of sp³-hybridized carbons (Fsp3) is 0.571. The molecule has 1 fully saturated rings. The fourth-order valence-corrected chi connectivity index (χ4v) is 3.75. The summed E-state index contributed by atoms with van der Waals surface area (Å²) < 4.78 is 34.3. The average molecular weight is 299 g/mol. The molecule has 0 bridgehead atoms. The van der Waals surface area contributed by atoms with Crippen molar-refractivity contribution in [2.75, 3.05) is 18.1 Å². The van der Waals surface area contributed by atoms with Gasteiger partial charge in [-0.3, -0.25) is 0 Å². The molecule has 5 nitrogen and oxygen atoms in total. The summed E-state index contributed by atoms with van der Waals surface area (Å²) in [4.78, 5) is 0. The third kappa shape index (κ3) is 3.86. The second kappa shape index (κ2) is 6.45. The number of hydrogen-bond donors (Lipinski definition) is 1. The van der Waals surface area contributed by atoms with E-state index >= 15 is 0 Å². The summed E-state index contributed by atoms with van der Waals surface area (Å²) in [5.41, 5.74) is 6.55. The predicted octanol–water partition coefficient (Wildman–Crippen LogP) is 1.50. The SMILES string of the molecule is CCCOc1ccc(CN)c(OC2CCS(=O)(=O)C2)c1. The van der Waals surface area contributed by atoms with Gasteiger partial charge in [-0.2, -0.15) is 0 Å². The van der Waals surface area contributed by atoms with Gasteiger partial charge in [0.05, 0.1) is 18.1 Å². The van der Waals surface area contributed by atoms with Crippen molar-refractivity contribution in [1.82, 2.24) is 0 Å². The maximum Gasteiger partial charge on any atom is 0.154 e. The van der Waals surface area contributed by atoms with Gasteiger partial charge >= 0.3 is 0 Å². The van der Waals surface area contributed by atoms with Gasteiger partial charge < -0.3 is 15.2 Å². The zero-order valence-corrected chi connectivity index (χ0v) is 12.5. The maximum absolute atomic E-state index is 11.5. The van der Waals surface area contributed by atoms with Gasteiger partial charge in [-0.05, 0) is 18.9 Å².